The smallest absolute Gasteiger partial charge is 0.324 e. The van der Waals surface area contributed by atoms with Crippen molar-refractivity contribution >= 4 is 17.8 Å². The average molecular weight is 517 g/mol. The van der Waals surface area contributed by atoms with Crippen LogP contribution in [0.25, 0.3) is 5.69 Å². The van der Waals surface area contributed by atoms with Gasteiger partial charge >= 0.3 is 5.97 Å². The molecular formula is C29H32N4O5. The highest BCUT2D eigenvalue weighted by Crippen LogP contribution is 2.51. The number of aliphatic carboxylic acids is 1. The van der Waals surface area contributed by atoms with Crippen molar-refractivity contribution in [2.45, 2.75) is 51.2 Å². The first-order valence-electron chi connectivity index (χ1n) is 13.0. The van der Waals surface area contributed by atoms with Crippen LogP contribution in [0.5, 0.6) is 0 Å². The van der Waals surface area contributed by atoms with Crippen molar-refractivity contribution in [2.75, 3.05) is 0 Å². The molecule has 0 saturated carbocycles. The molecule has 1 aromatic heterocycles. The number of para-hydroxylation sites is 1. The summed E-state index contributed by atoms with van der Waals surface area (Å²) in [5.41, 5.74) is 0.345. The SMILES string of the molecule is CCCCC1(C(=O)O)NC(c2c(C)n(C)n(-c3ccccc3)c2=O)C2C(=O)N(Cc3ccccc3)C(=O)C21. The second-order valence-electron chi connectivity index (χ2n) is 10.2. The molecule has 2 amide bonds. The molecule has 198 valence electrons. The molecule has 0 bridgehead atoms. The summed E-state index contributed by atoms with van der Waals surface area (Å²) >= 11 is 0. The predicted octanol–water partition coefficient (Wildman–Crippen LogP) is 2.94. The maximum absolute atomic E-state index is 13.9. The Morgan fingerprint density at radius 3 is 2.24 bits per heavy atom. The number of hydrogen-bond acceptors (Lipinski definition) is 5. The number of aromatic nitrogens is 2. The second kappa shape index (κ2) is 9.72. The Morgan fingerprint density at radius 1 is 1.00 bits per heavy atom. The third-order valence-electron chi connectivity index (χ3n) is 8.15. The van der Waals surface area contributed by atoms with Crippen molar-refractivity contribution in [1.82, 2.24) is 19.6 Å². The van der Waals surface area contributed by atoms with E-state index in [0.717, 1.165) is 12.0 Å². The first-order valence-corrected chi connectivity index (χ1v) is 13.0. The summed E-state index contributed by atoms with van der Waals surface area (Å²) < 4.78 is 3.22. The van der Waals surface area contributed by atoms with Crippen molar-refractivity contribution in [3.05, 3.63) is 87.8 Å². The van der Waals surface area contributed by atoms with Gasteiger partial charge in [-0.3, -0.25) is 34.1 Å². The monoisotopic (exact) mass is 516 g/mol. The number of nitrogens with one attached hydrogen (secondary N) is 1. The van der Waals surface area contributed by atoms with Crippen molar-refractivity contribution in [1.29, 1.82) is 0 Å². The van der Waals surface area contributed by atoms with Gasteiger partial charge in [0.2, 0.25) is 11.8 Å². The third-order valence-corrected chi connectivity index (χ3v) is 8.15. The number of unbranched alkanes of at least 4 members (excludes halogenated alkanes) is 1. The number of amides is 2. The molecule has 2 aromatic carbocycles. The molecular weight excluding hydrogens is 484 g/mol. The van der Waals surface area contributed by atoms with Gasteiger partial charge in [0.25, 0.3) is 5.56 Å². The van der Waals surface area contributed by atoms with Gasteiger partial charge in [0.15, 0.2) is 0 Å². The summed E-state index contributed by atoms with van der Waals surface area (Å²) in [5.74, 6) is -4.25. The van der Waals surface area contributed by atoms with E-state index in [1.807, 2.05) is 67.6 Å². The lowest BCUT2D eigenvalue weighted by atomic mass is 9.76. The van der Waals surface area contributed by atoms with Crippen LogP contribution >= 0.6 is 0 Å². The van der Waals surface area contributed by atoms with Crippen LogP contribution in [0.2, 0.25) is 0 Å². The molecule has 2 aliphatic rings. The average Bonchev–Trinajstić information content (AvgIpc) is 3.46. The topological polar surface area (TPSA) is 114 Å². The van der Waals surface area contributed by atoms with Crippen LogP contribution in [-0.4, -0.2) is 42.7 Å². The van der Waals surface area contributed by atoms with E-state index in [9.17, 15) is 24.3 Å². The Balaban J connectivity index is 1.66. The summed E-state index contributed by atoms with van der Waals surface area (Å²) in [6.07, 6.45) is 1.45. The summed E-state index contributed by atoms with van der Waals surface area (Å²) in [4.78, 5) is 55.7. The fourth-order valence-corrected chi connectivity index (χ4v) is 6.17. The number of likely N-dealkylation sites (tertiary alicyclic amines) is 1. The summed E-state index contributed by atoms with van der Waals surface area (Å²) in [6.45, 7) is 3.79. The van der Waals surface area contributed by atoms with Gasteiger partial charge in [-0.15, -0.1) is 0 Å². The molecule has 4 unspecified atom stereocenters. The molecule has 3 heterocycles. The predicted molar refractivity (Wildman–Crippen MR) is 140 cm³/mol. The highest BCUT2D eigenvalue weighted by atomic mass is 16.4. The van der Waals surface area contributed by atoms with E-state index in [1.165, 1.54) is 9.58 Å². The first kappa shape index (κ1) is 25.7. The maximum Gasteiger partial charge on any atom is 0.324 e. The fourth-order valence-electron chi connectivity index (χ4n) is 6.17. The van der Waals surface area contributed by atoms with Gasteiger partial charge in [-0.1, -0.05) is 68.3 Å². The summed E-state index contributed by atoms with van der Waals surface area (Å²) in [7, 11) is 1.75. The van der Waals surface area contributed by atoms with Gasteiger partial charge in [0.05, 0.1) is 35.7 Å². The standard InChI is InChI=1S/C29H32N4O5/c1-4-5-16-29(28(37)38)23-22(25(34)32(27(23)36)17-19-12-8-6-9-13-19)24(30-29)21-18(2)31(3)33(26(21)35)20-14-10-7-11-15-20/h6-15,22-24,30H,4-5,16-17H2,1-3H3,(H,37,38). The number of carbonyl (C=O) groups is 3. The van der Waals surface area contributed by atoms with Gasteiger partial charge in [-0.2, -0.15) is 0 Å². The van der Waals surface area contributed by atoms with E-state index < -0.39 is 41.2 Å². The van der Waals surface area contributed by atoms with Crippen molar-refractivity contribution < 1.29 is 19.5 Å². The fraction of sp³-hybridized carbons (Fsp3) is 0.379. The quantitative estimate of drug-likeness (QED) is 0.445. The Kier molecular flexibility index (Phi) is 6.56. The molecule has 5 rings (SSSR count). The Hall–Kier alpha value is -3.98. The molecule has 38 heavy (non-hydrogen) atoms. The maximum atomic E-state index is 13.9. The van der Waals surface area contributed by atoms with Gasteiger partial charge < -0.3 is 5.11 Å². The third kappa shape index (κ3) is 3.80. The van der Waals surface area contributed by atoms with Crippen molar-refractivity contribution in [3.8, 4) is 5.69 Å². The summed E-state index contributed by atoms with van der Waals surface area (Å²) in [6, 6.07) is 17.4. The van der Waals surface area contributed by atoms with Crippen LogP contribution in [0.15, 0.2) is 65.5 Å². The van der Waals surface area contributed by atoms with Crippen LogP contribution in [0.1, 0.15) is 49.0 Å². The number of hydrogen-bond donors (Lipinski definition) is 2. The summed E-state index contributed by atoms with van der Waals surface area (Å²) in [5, 5.41) is 13.7. The zero-order valence-corrected chi connectivity index (χ0v) is 21.8. The molecule has 2 saturated heterocycles. The van der Waals surface area contributed by atoms with Crippen LogP contribution in [0, 0.1) is 18.8 Å². The van der Waals surface area contributed by atoms with E-state index in [-0.39, 0.29) is 18.5 Å². The number of carboxylic acid groups (broad SMARTS) is 1. The van der Waals surface area contributed by atoms with Crippen LogP contribution < -0.4 is 10.9 Å². The van der Waals surface area contributed by atoms with Gasteiger partial charge in [0.1, 0.15) is 5.54 Å². The number of carbonyl (C=O) groups excluding carboxylic acids is 2. The number of imide groups is 1. The molecule has 9 nitrogen and oxygen atoms in total. The lowest BCUT2D eigenvalue weighted by Crippen LogP contribution is -2.55. The second-order valence-corrected chi connectivity index (χ2v) is 10.2. The van der Waals surface area contributed by atoms with Crippen LogP contribution in [-0.2, 0) is 28.0 Å². The molecule has 0 radical (unpaired) electrons. The van der Waals surface area contributed by atoms with Crippen LogP contribution in [0.3, 0.4) is 0 Å². The molecule has 2 fully saturated rings. The van der Waals surface area contributed by atoms with E-state index in [4.69, 9.17) is 0 Å². The normalized spacial score (nSPS) is 24.7. The molecule has 0 aliphatic carbocycles. The van der Waals surface area contributed by atoms with Gasteiger partial charge in [-0.05, 0) is 31.0 Å². The van der Waals surface area contributed by atoms with Gasteiger partial charge in [0, 0.05) is 12.7 Å². The number of fused-ring (bicyclic) bond motifs is 1. The Labute approximate surface area is 220 Å². The zero-order valence-electron chi connectivity index (χ0n) is 21.8. The van der Waals surface area contributed by atoms with Crippen molar-refractivity contribution in [2.24, 2.45) is 18.9 Å². The van der Waals surface area contributed by atoms with Gasteiger partial charge in [-0.25, -0.2) is 4.68 Å². The Bertz CT molecular complexity index is 1440. The minimum absolute atomic E-state index is 0.0592. The number of benzene rings is 2. The number of rotatable bonds is 8. The Morgan fingerprint density at radius 2 is 1.63 bits per heavy atom. The highest BCUT2D eigenvalue weighted by molar-refractivity contribution is 6.09. The lowest BCUT2D eigenvalue weighted by molar-refractivity contribution is -0.152. The molecule has 2 aliphatic heterocycles. The highest BCUT2D eigenvalue weighted by Gasteiger charge is 2.68. The molecule has 9 heteroatoms. The van der Waals surface area contributed by atoms with E-state index in [0.29, 0.717) is 23.4 Å². The first-order chi connectivity index (χ1) is 18.2. The van der Waals surface area contributed by atoms with Crippen molar-refractivity contribution in [3.63, 3.8) is 0 Å². The zero-order chi connectivity index (χ0) is 27.2. The number of nitrogens with zero attached hydrogens (tertiary/aromatic N) is 3. The number of carboxylic acids is 1. The molecule has 2 N–H and O–H groups in total. The minimum atomic E-state index is -1.66. The molecule has 0 spiro atoms. The van der Waals surface area contributed by atoms with Crippen LogP contribution in [0.4, 0.5) is 0 Å². The molecule has 4 atom stereocenters. The van der Waals surface area contributed by atoms with E-state index in [2.05, 4.69) is 5.32 Å². The lowest BCUT2D eigenvalue weighted by Gasteiger charge is -2.31. The van der Waals surface area contributed by atoms with E-state index >= 15 is 0 Å². The molecule has 3 aromatic rings. The largest absolute Gasteiger partial charge is 0.480 e. The minimum Gasteiger partial charge on any atom is -0.480 e. The van der Waals surface area contributed by atoms with E-state index in [1.54, 1.807) is 18.7 Å².